The van der Waals surface area contributed by atoms with E-state index in [9.17, 15) is 4.79 Å². The minimum atomic E-state index is -0.374. The molecule has 6 nitrogen and oxygen atoms in total. The topological polar surface area (TPSA) is 90.7 Å². The summed E-state index contributed by atoms with van der Waals surface area (Å²) in [5, 5.41) is 15.3. The van der Waals surface area contributed by atoms with E-state index in [0.717, 1.165) is 0 Å². The molecule has 1 amide bonds. The Hall–Kier alpha value is -3.14. The van der Waals surface area contributed by atoms with Crippen molar-refractivity contribution in [3.8, 4) is 6.07 Å². The molecule has 0 radical (unpaired) electrons. The second-order valence-corrected chi connectivity index (χ2v) is 6.01. The highest BCUT2D eigenvalue weighted by Crippen LogP contribution is 2.25. The highest BCUT2D eigenvalue weighted by molar-refractivity contribution is 6.42. The van der Waals surface area contributed by atoms with Gasteiger partial charge in [-0.3, -0.25) is 4.79 Å². The Morgan fingerprint density at radius 2 is 1.77 bits per heavy atom. The molecular formula is C18H11Cl2N5O. The maximum Gasteiger partial charge on any atom is 0.258 e. The largest absolute Gasteiger partial charge is 0.324 e. The number of carbonyl (C=O) groups excluding carboxylic acids is 1. The van der Waals surface area contributed by atoms with Gasteiger partial charge in [0.15, 0.2) is 0 Å². The fourth-order valence-corrected chi connectivity index (χ4v) is 2.38. The van der Waals surface area contributed by atoms with Gasteiger partial charge >= 0.3 is 0 Å². The van der Waals surface area contributed by atoms with E-state index in [0.29, 0.717) is 32.9 Å². The van der Waals surface area contributed by atoms with Gasteiger partial charge in [0.25, 0.3) is 5.91 Å². The minimum Gasteiger partial charge on any atom is -0.324 e. The molecule has 0 aliphatic rings. The molecule has 0 saturated heterocycles. The summed E-state index contributed by atoms with van der Waals surface area (Å²) < 4.78 is 0. The zero-order chi connectivity index (χ0) is 18.5. The molecule has 0 aliphatic carbocycles. The van der Waals surface area contributed by atoms with Gasteiger partial charge in [0.2, 0.25) is 5.95 Å². The number of halogens is 2. The van der Waals surface area contributed by atoms with Gasteiger partial charge in [-0.15, -0.1) is 0 Å². The van der Waals surface area contributed by atoms with Gasteiger partial charge in [0, 0.05) is 23.8 Å². The molecule has 0 bridgehead atoms. The fourth-order valence-electron chi connectivity index (χ4n) is 2.08. The average molecular weight is 384 g/mol. The van der Waals surface area contributed by atoms with Crippen LogP contribution >= 0.6 is 23.2 Å². The number of hydrogen-bond donors (Lipinski definition) is 2. The summed E-state index contributed by atoms with van der Waals surface area (Å²) in [6.45, 7) is 0. The van der Waals surface area contributed by atoms with E-state index < -0.39 is 0 Å². The van der Waals surface area contributed by atoms with Crippen molar-refractivity contribution in [2.24, 2.45) is 0 Å². The van der Waals surface area contributed by atoms with Crippen molar-refractivity contribution in [1.82, 2.24) is 9.97 Å². The van der Waals surface area contributed by atoms with E-state index in [1.807, 2.05) is 0 Å². The van der Waals surface area contributed by atoms with Crippen molar-refractivity contribution in [2.75, 3.05) is 10.6 Å². The standard InChI is InChI=1S/C18H11Cl2N5O/c19-15-5-4-14(7-16(15)20)24-17(26)12-9-22-18(23-10-12)25-13-3-1-2-11(6-13)8-21/h1-7,9-10H,(H,24,26)(H,22,23,25). The van der Waals surface area contributed by atoms with Crippen molar-refractivity contribution in [1.29, 1.82) is 5.26 Å². The summed E-state index contributed by atoms with van der Waals surface area (Å²) in [5.41, 5.74) is 2.00. The van der Waals surface area contributed by atoms with Gasteiger partial charge in [-0.2, -0.15) is 5.26 Å². The van der Waals surface area contributed by atoms with Crippen LogP contribution in [0.4, 0.5) is 17.3 Å². The second kappa shape index (κ2) is 7.83. The third kappa shape index (κ3) is 4.28. The van der Waals surface area contributed by atoms with Gasteiger partial charge in [-0.1, -0.05) is 29.3 Å². The first-order valence-electron chi connectivity index (χ1n) is 7.41. The van der Waals surface area contributed by atoms with Crippen LogP contribution in [-0.4, -0.2) is 15.9 Å². The minimum absolute atomic E-state index is 0.285. The number of carbonyl (C=O) groups is 1. The maximum absolute atomic E-state index is 12.2. The summed E-state index contributed by atoms with van der Waals surface area (Å²) in [6, 6.07) is 13.8. The number of rotatable bonds is 4. The Bertz CT molecular complexity index is 999. The molecule has 0 spiro atoms. The normalized spacial score (nSPS) is 10.0. The Kier molecular flexibility index (Phi) is 5.32. The molecule has 0 saturated carbocycles. The Labute approximate surface area is 159 Å². The SMILES string of the molecule is N#Cc1cccc(Nc2ncc(C(=O)Nc3ccc(Cl)c(Cl)c3)cn2)c1. The number of nitrogens with one attached hydrogen (secondary N) is 2. The van der Waals surface area contributed by atoms with Crippen molar-refractivity contribution in [3.05, 3.63) is 76.0 Å². The lowest BCUT2D eigenvalue weighted by Gasteiger charge is -2.07. The molecule has 128 valence electrons. The molecule has 3 aromatic rings. The van der Waals surface area contributed by atoms with E-state index in [1.165, 1.54) is 12.4 Å². The lowest BCUT2D eigenvalue weighted by Crippen LogP contribution is -2.13. The smallest absolute Gasteiger partial charge is 0.258 e. The first kappa shape index (κ1) is 17.7. The molecule has 1 aromatic heterocycles. The molecule has 0 unspecified atom stereocenters. The molecule has 1 heterocycles. The fraction of sp³-hybridized carbons (Fsp3) is 0. The molecule has 3 rings (SSSR count). The maximum atomic E-state index is 12.2. The van der Waals surface area contributed by atoms with Gasteiger partial charge < -0.3 is 10.6 Å². The van der Waals surface area contributed by atoms with E-state index in [-0.39, 0.29) is 11.5 Å². The van der Waals surface area contributed by atoms with Crippen LogP contribution in [-0.2, 0) is 0 Å². The van der Waals surface area contributed by atoms with Crippen LogP contribution in [0, 0.1) is 11.3 Å². The molecule has 0 fully saturated rings. The Morgan fingerprint density at radius 1 is 1.00 bits per heavy atom. The average Bonchev–Trinajstić information content (AvgIpc) is 2.65. The molecule has 0 atom stereocenters. The van der Waals surface area contributed by atoms with Crippen molar-refractivity contribution >= 4 is 46.4 Å². The second-order valence-electron chi connectivity index (χ2n) is 5.20. The number of benzene rings is 2. The zero-order valence-electron chi connectivity index (χ0n) is 13.2. The molecule has 0 aliphatic heterocycles. The first-order chi connectivity index (χ1) is 12.5. The van der Waals surface area contributed by atoms with Crippen LogP contribution in [0.2, 0.25) is 10.0 Å². The monoisotopic (exact) mass is 383 g/mol. The molecule has 8 heteroatoms. The summed E-state index contributed by atoms with van der Waals surface area (Å²) in [6.07, 6.45) is 2.80. The van der Waals surface area contributed by atoms with Crippen LogP contribution in [0.1, 0.15) is 15.9 Å². The van der Waals surface area contributed by atoms with Gasteiger partial charge in [-0.25, -0.2) is 9.97 Å². The lowest BCUT2D eigenvalue weighted by atomic mass is 10.2. The highest BCUT2D eigenvalue weighted by atomic mass is 35.5. The summed E-state index contributed by atoms with van der Waals surface area (Å²) in [4.78, 5) is 20.5. The lowest BCUT2D eigenvalue weighted by molar-refractivity contribution is 0.102. The number of nitriles is 1. The number of hydrogen-bond acceptors (Lipinski definition) is 5. The van der Waals surface area contributed by atoms with Crippen LogP contribution < -0.4 is 10.6 Å². The zero-order valence-corrected chi connectivity index (χ0v) is 14.7. The Balaban J connectivity index is 1.69. The van der Waals surface area contributed by atoms with Crippen molar-refractivity contribution in [2.45, 2.75) is 0 Å². The van der Waals surface area contributed by atoms with Crippen molar-refractivity contribution in [3.63, 3.8) is 0 Å². The van der Waals surface area contributed by atoms with Crippen LogP contribution in [0.5, 0.6) is 0 Å². The van der Waals surface area contributed by atoms with Gasteiger partial charge in [0.05, 0.1) is 27.2 Å². The first-order valence-corrected chi connectivity index (χ1v) is 8.16. The van der Waals surface area contributed by atoms with Gasteiger partial charge in [0.1, 0.15) is 0 Å². The van der Waals surface area contributed by atoms with Crippen LogP contribution in [0.15, 0.2) is 54.9 Å². The number of aromatic nitrogens is 2. The highest BCUT2D eigenvalue weighted by Gasteiger charge is 2.09. The predicted molar refractivity (Wildman–Crippen MR) is 101 cm³/mol. The van der Waals surface area contributed by atoms with Gasteiger partial charge in [-0.05, 0) is 36.4 Å². The molecule has 2 N–H and O–H groups in total. The quantitative estimate of drug-likeness (QED) is 0.683. The van der Waals surface area contributed by atoms with Crippen LogP contribution in [0.3, 0.4) is 0 Å². The van der Waals surface area contributed by atoms with E-state index in [4.69, 9.17) is 28.5 Å². The van der Waals surface area contributed by atoms with E-state index in [2.05, 4.69) is 26.7 Å². The third-order valence-electron chi connectivity index (χ3n) is 3.34. The summed E-state index contributed by atoms with van der Waals surface area (Å²) >= 11 is 11.8. The van der Waals surface area contributed by atoms with E-state index in [1.54, 1.807) is 42.5 Å². The molecular weight excluding hydrogens is 373 g/mol. The summed E-state index contributed by atoms with van der Waals surface area (Å²) in [7, 11) is 0. The van der Waals surface area contributed by atoms with Crippen LogP contribution in [0.25, 0.3) is 0 Å². The Morgan fingerprint density at radius 3 is 2.46 bits per heavy atom. The van der Waals surface area contributed by atoms with E-state index >= 15 is 0 Å². The van der Waals surface area contributed by atoms with Crippen molar-refractivity contribution < 1.29 is 4.79 Å². The number of anilines is 3. The predicted octanol–water partition coefficient (Wildman–Crippen LogP) is 4.65. The molecule has 2 aromatic carbocycles. The number of amides is 1. The summed E-state index contributed by atoms with van der Waals surface area (Å²) in [5.74, 6) is -0.0624. The molecule has 26 heavy (non-hydrogen) atoms. The third-order valence-corrected chi connectivity index (χ3v) is 4.08. The number of nitrogens with zero attached hydrogens (tertiary/aromatic N) is 3.